The maximum Gasteiger partial charge on any atom is 0.271 e. The lowest BCUT2D eigenvalue weighted by atomic mass is 10.2. The third kappa shape index (κ3) is 5.47. The van der Waals surface area contributed by atoms with Crippen LogP contribution in [0.2, 0.25) is 0 Å². The Morgan fingerprint density at radius 3 is 1.76 bits per heavy atom. The van der Waals surface area contributed by atoms with Crippen LogP contribution < -0.4 is 10.9 Å². The number of carbonyl (C=O) groups is 2. The van der Waals surface area contributed by atoms with Gasteiger partial charge in [0.2, 0.25) is 0 Å². The number of aromatic hydroxyl groups is 2. The van der Waals surface area contributed by atoms with Gasteiger partial charge in [0.15, 0.2) is 0 Å². The second-order valence-corrected chi connectivity index (χ2v) is 4.99. The molecule has 0 spiro atoms. The molecule has 4 N–H and O–H groups in total. The molecule has 2 rings (SSSR count). The molecule has 0 saturated carbocycles. The zero-order valence-corrected chi connectivity index (χ0v) is 13.3. The predicted molar refractivity (Wildman–Crippen MR) is 92.7 cm³/mol. The van der Waals surface area contributed by atoms with Crippen LogP contribution in [0.4, 0.5) is 0 Å². The Morgan fingerprint density at radius 2 is 1.28 bits per heavy atom. The fourth-order valence-corrected chi connectivity index (χ4v) is 1.71. The molecule has 8 nitrogen and oxygen atoms in total. The van der Waals surface area contributed by atoms with Crippen LogP contribution in [0.3, 0.4) is 0 Å². The van der Waals surface area contributed by atoms with Gasteiger partial charge in [0, 0.05) is 11.1 Å². The van der Waals surface area contributed by atoms with Crippen LogP contribution in [0.1, 0.15) is 27.6 Å². The molecule has 0 aliphatic rings. The van der Waals surface area contributed by atoms with Gasteiger partial charge in [-0.2, -0.15) is 10.2 Å². The van der Waals surface area contributed by atoms with Crippen molar-refractivity contribution in [3.63, 3.8) is 0 Å². The van der Waals surface area contributed by atoms with Gasteiger partial charge in [-0.05, 0) is 55.5 Å². The number of benzene rings is 2. The van der Waals surface area contributed by atoms with Gasteiger partial charge in [0.1, 0.15) is 11.5 Å². The zero-order valence-electron chi connectivity index (χ0n) is 13.3. The van der Waals surface area contributed by atoms with Crippen LogP contribution in [-0.2, 0) is 0 Å². The number of carbonyl (C=O) groups excluding carboxylic acids is 2. The first kappa shape index (κ1) is 17.7. The number of phenols is 2. The summed E-state index contributed by atoms with van der Waals surface area (Å²) in [5.41, 5.74) is 5.67. The number of hydrazone groups is 2. The largest absolute Gasteiger partial charge is 0.508 e. The van der Waals surface area contributed by atoms with Crippen molar-refractivity contribution < 1.29 is 19.8 Å². The van der Waals surface area contributed by atoms with Crippen molar-refractivity contribution in [2.45, 2.75) is 6.92 Å². The first-order valence-electron chi connectivity index (χ1n) is 7.22. The Hall–Kier alpha value is -3.68. The predicted octanol–water partition coefficient (Wildman–Crippen LogP) is 1.62. The summed E-state index contributed by atoms with van der Waals surface area (Å²) < 4.78 is 0. The molecule has 8 heteroatoms. The van der Waals surface area contributed by atoms with Crippen molar-refractivity contribution in [2.24, 2.45) is 10.2 Å². The molecule has 128 valence electrons. The normalized spacial score (nSPS) is 11.3. The molecule has 0 heterocycles. The number of nitrogens with zero attached hydrogens (tertiary/aromatic N) is 2. The van der Waals surface area contributed by atoms with Gasteiger partial charge in [-0.3, -0.25) is 9.59 Å². The summed E-state index contributed by atoms with van der Waals surface area (Å²) in [6.45, 7) is 1.59. The molecule has 0 radical (unpaired) electrons. The van der Waals surface area contributed by atoms with Crippen LogP contribution >= 0.6 is 0 Å². The van der Waals surface area contributed by atoms with Crippen LogP contribution in [0.25, 0.3) is 0 Å². The van der Waals surface area contributed by atoms with Gasteiger partial charge < -0.3 is 10.2 Å². The van der Waals surface area contributed by atoms with E-state index in [-0.39, 0.29) is 11.5 Å². The summed E-state index contributed by atoms with van der Waals surface area (Å²) in [7, 11) is 0. The van der Waals surface area contributed by atoms with Gasteiger partial charge in [-0.1, -0.05) is 0 Å². The van der Waals surface area contributed by atoms with Crippen LogP contribution in [-0.4, -0.2) is 34.0 Å². The topological polar surface area (TPSA) is 123 Å². The smallest absolute Gasteiger partial charge is 0.271 e. The number of amides is 2. The highest BCUT2D eigenvalue weighted by Gasteiger charge is 2.04. The highest BCUT2D eigenvalue weighted by atomic mass is 16.3. The van der Waals surface area contributed by atoms with E-state index in [4.69, 9.17) is 5.11 Å². The fraction of sp³-hybridized carbons (Fsp3) is 0.0588. The standard InChI is InChI=1S/C17H16N4O4/c1-11(19-21-17(25)13-4-8-15(23)9-5-13)10-18-20-16(24)12-2-6-14(22)7-3-12/h2-10,22-23H,1H3,(H,20,24)(H,21,25)/b18-10+,19-11-. The van der Waals surface area contributed by atoms with Crippen molar-refractivity contribution in [1.29, 1.82) is 0 Å². The van der Waals surface area contributed by atoms with E-state index >= 15 is 0 Å². The van der Waals surface area contributed by atoms with E-state index in [1.54, 1.807) is 6.92 Å². The highest BCUT2D eigenvalue weighted by molar-refractivity contribution is 6.29. The molecular formula is C17H16N4O4. The molecule has 0 aromatic heterocycles. The Balaban J connectivity index is 1.86. The summed E-state index contributed by atoms with van der Waals surface area (Å²) in [5, 5.41) is 25.9. The quantitative estimate of drug-likeness (QED) is 0.488. The molecule has 2 aromatic rings. The van der Waals surface area contributed by atoms with E-state index in [0.717, 1.165) is 0 Å². The number of hydrogen-bond donors (Lipinski definition) is 4. The molecule has 25 heavy (non-hydrogen) atoms. The Kier molecular flexibility index (Phi) is 5.83. The van der Waals surface area contributed by atoms with Crippen LogP contribution in [0.15, 0.2) is 58.7 Å². The van der Waals surface area contributed by atoms with E-state index in [1.165, 1.54) is 54.7 Å². The van der Waals surface area contributed by atoms with Crippen LogP contribution in [0, 0.1) is 0 Å². The summed E-state index contributed by atoms with van der Waals surface area (Å²) >= 11 is 0. The lowest BCUT2D eigenvalue weighted by molar-refractivity contribution is 0.0946. The first-order chi connectivity index (χ1) is 12.0. The molecule has 0 aliphatic carbocycles. The second kappa shape index (κ2) is 8.25. The summed E-state index contributed by atoms with van der Waals surface area (Å²) in [5.74, 6) is -0.766. The van der Waals surface area contributed by atoms with Gasteiger partial charge in [-0.15, -0.1) is 0 Å². The Morgan fingerprint density at radius 1 is 0.840 bits per heavy atom. The third-order valence-electron chi connectivity index (χ3n) is 3.01. The van der Waals surface area contributed by atoms with Crippen molar-refractivity contribution in [1.82, 2.24) is 10.9 Å². The van der Waals surface area contributed by atoms with Crippen molar-refractivity contribution >= 4 is 23.7 Å². The minimum absolute atomic E-state index is 0.0624. The maximum absolute atomic E-state index is 11.8. The average Bonchev–Trinajstić information content (AvgIpc) is 2.60. The van der Waals surface area contributed by atoms with Crippen LogP contribution in [0.5, 0.6) is 11.5 Å². The monoisotopic (exact) mass is 340 g/mol. The first-order valence-corrected chi connectivity index (χ1v) is 7.22. The second-order valence-electron chi connectivity index (χ2n) is 4.99. The summed E-state index contributed by atoms with van der Waals surface area (Å²) in [6, 6.07) is 11.4. The molecule has 0 fully saturated rings. The molecule has 0 bridgehead atoms. The van der Waals surface area contributed by atoms with E-state index in [2.05, 4.69) is 21.1 Å². The Bertz CT molecular complexity index is 812. The summed E-state index contributed by atoms with van der Waals surface area (Å²) in [4.78, 5) is 23.6. The lowest BCUT2D eigenvalue weighted by Gasteiger charge is -2.01. The molecule has 2 aromatic carbocycles. The maximum atomic E-state index is 11.8. The molecule has 2 amide bonds. The Labute approximate surface area is 143 Å². The number of nitrogens with one attached hydrogen (secondary N) is 2. The van der Waals surface area contributed by atoms with Gasteiger partial charge in [0.25, 0.3) is 11.8 Å². The molecule has 0 unspecified atom stereocenters. The third-order valence-corrected chi connectivity index (χ3v) is 3.01. The SMILES string of the molecule is CC(/C=N/NC(=O)c1ccc(O)cc1)=N/NC(=O)c1ccc(O)cc1. The average molecular weight is 340 g/mol. The zero-order chi connectivity index (χ0) is 18.2. The molecular weight excluding hydrogens is 324 g/mol. The number of hydrogen-bond acceptors (Lipinski definition) is 6. The van der Waals surface area contributed by atoms with E-state index in [1.807, 2.05) is 0 Å². The van der Waals surface area contributed by atoms with E-state index < -0.39 is 11.8 Å². The van der Waals surface area contributed by atoms with E-state index in [9.17, 15) is 14.7 Å². The summed E-state index contributed by atoms with van der Waals surface area (Å²) in [6.07, 6.45) is 1.27. The molecule has 0 atom stereocenters. The van der Waals surface area contributed by atoms with Gasteiger partial charge in [-0.25, -0.2) is 10.9 Å². The van der Waals surface area contributed by atoms with Gasteiger partial charge in [0.05, 0.1) is 11.9 Å². The number of rotatable bonds is 5. The van der Waals surface area contributed by atoms with Crippen molar-refractivity contribution in [2.75, 3.05) is 0 Å². The highest BCUT2D eigenvalue weighted by Crippen LogP contribution is 2.10. The minimum atomic E-state index is -0.447. The molecule has 0 aliphatic heterocycles. The van der Waals surface area contributed by atoms with Crippen molar-refractivity contribution in [3.05, 3.63) is 59.7 Å². The minimum Gasteiger partial charge on any atom is -0.508 e. The number of phenolic OH excluding ortho intramolecular Hbond substituents is 2. The lowest BCUT2D eigenvalue weighted by Crippen LogP contribution is -2.21. The van der Waals surface area contributed by atoms with Gasteiger partial charge >= 0.3 is 0 Å². The van der Waals surface area contributed by atoms with Crippen molar-refractivity contribution in [3.8, 4) is 11.5 Å². The fourth-order valence-electron chi connectivity index (χ4n) is 1.71. The van der Waals surface area contributed by atoms with E-state index in [0.29, 0.717) is 16.8 Å². The molecule has 0 saturated heterocycles.